The van der Waals surface area contributed by atoms with Gasteiger partial charge in [-0.2, -0.15) is 0 Å². The van der Waals surface area contributed by atoms with Gasteiger partial charge in [0.1, 0.15) is 11.3 Å². The number of hydrogen-bond donors (Lipinski definition) is 1. The molecule has 0 aliphatic carbocycles. The Kier molecular flexibility index (Phi) is 4.45. The fourth-order valence-corrected chi connectivity index (χ4v) is 3.89. The lowest BCUT2D eigenvalue weighted by Crippen LogP contribution is -2.13. The molecule has 4 aromatic rings. The van der Waals surface area contributed by atoms with Crippen LogP contribution in [0.3, 0.4) is 0 Å². The molecule has 4 rings (SSSR count). The van der Waals surface area contributed by atoms with Crippen LogP contribution in [-0.4, -0.2) is 16.1 Å². The highest BCUT2D eigenvalue weighted by Crippen LogP contribution is 2.37. The molecule has 0 bridgehead atoms. The summed E-state index contributed by atoms with van der Waals surface area (Å²) < 4.78 is 5.90. The summed E-state index contributed by atoms with van der Waals surface area (Å²) in [6.07, 6.45) is 0.779. The molecule has 4 nitrogen and oxygen atoms in total. The van der Waals surface area contributed by atoms with Crippen LogP contribution in [0.1, 0.15) is 54.9 Å². The van der Waals surface area contributed by atoms with E-state index >= 15 is 0 Å². The molecule has 2 aromatic heterocycles. The van der Waals surface area contributed by atoms with Crippen LogP contribution in [0.25, 0.3) is 33.1 Å². The number of carboxylic acids is 1. The van der Waals surface area contributed by atoms with Gasteiger partial charge in [-0.15, -0.1) is 0 Å². The van der Waals surface area contributed by atoms with Crippen molar-refractivity contribution >= 4 is 27.8 Å². The van der Waals surface area contributed by atoms with Crippen LogP contribution in [0, 0.1) is 6.92 Å². The van der Waals surface area contributed by atoms with Crippen molar-refractivity contribution in [2.24, 2.45) is 0 Å². The monoisotopic (exact) mass is 387 g/mol. The Bertz CT molecular complexity index is 1260. The minimum atomic E-state index is -0.947. The molecule has 29 heavy (non-hydrogen) atoms. The fraction of sp³-hybridized carbons (Fsp3) is 0.280. The number of fused-ring (bicyclic) bond motifs is 2. The number of furan rings is 1. The van der Waals surface area contributed by atoms with Crippen LogP contribution in [0.2, 0.25) is 0 Å². The number of carboxylic acid groups (broad SMARTS) is 1. The molecule has 4 heteroatoms. The predicted molar refractivity (Wildman–Crippen MR) is 117 cm³/mol. The van der Waals surface area contributed by atoms with Crippen molar-refractivity contribution in [3.8, 4) is 11.3 Å². The lowest BCUT2D eigenvalue weighted by atomic mass is 9.84. The van der Waals surface area contributed by atoms with Crippen molar-refractivity contribution in [2.75, 3.05) is 0 Å². The quantitative estimate of drug-likeness (QED) is 0.435. The van der Waals surface area contributed by atoms with Gasteiger partial charge in [-0.1, -0.05) is 52.0 Å². The zero-order valence-corrected chi connectivity index (χ0v) is 17.5. The van der Waals surface area contributed by atoms with Crippen molar-refractivity contribution in [1.29, 1.82) is 0 Å². The lowest BCUT2D eigenvalue weighted by Gasteiger charge is -2.22. The maximum Gasteiger partial charge on any atom is 0.336 e. The first-order valence-electron chi connectivity index (χ1n) is 9.90. The summed E-state index contributed by atoms with van der Waals surface area (Å²) in [5, 5.41) is 11.6. The van der Waals surface area contributed by atoms with Crippen LogP contribution in [0.5, 0.6) is 0 Å². The molecule has 0 saturated carbocycles. The van der Waals surface area contributed by atoms with E-state index in [4.69, 9.17) is 9.40 Å². The van der Waals surface area contributed by atoms with Gasteiger partial charge in [0.25, 0.3) is 0 Å². The molecule has 2 aromatic carbocycles. The average molecular weight is 387 g/mol. The lowest BCUT2D eigenvalue weighted by molar-refractivity contribution is 0.0699. The second-order valence-corrected chi connectivity index (χ2v) is 8.52. The molecule has 0 amide bonds. The van der Waals surface area contributed by atoms with Gasteiger partial charge in [0.05, 0.1) is 16.8 Å². The summed E-state index contributed by atoms with van der Waals surface area (Å²) in [6, 6.07) is 13.6. The number of carbonyl (C=O) groups is 1. The van der Waals surface area contributed by atoms with E-state index < -0.39 is 5.97 Å². The third-order valence-electron chi connectivity index (χ3n) is 5.50. The number of hydrogen-bond acceptors (Lipinski definition) is 3. The summed E-state index contributed by atoms with van der Waals surface area (Å²) in [6.45, 7) is 10.4. The smallest absolute Gasteiger partial charge is 0.336 e. The Hall–Kier alpha value is -3.14. The highest BCUT2D eigenvalue weighted by molar-refractivity contribution is 6.06. The van der Waals surface area contributed by atoms with Gasteiger partial charge < -0.3 is 9.52 Å². The largest absolute Gasteiger partial charge is 0.478 e. The SMILES string of the molecule is CCc1cc(C(C)(C)C)cc2c(C(=O)O)cc(-c3c(C)oc4ccccc34)nc12. The van der Waals surface area contributed by atoms with Gasteiger partial charge >= 0.3 is 5.97 Å². The van der Waals surface area contributed by atoms with E-state index in [-0.39, 0.29) is 11.0 Å². The van der Waals surface area contributed by atoms with E-state index in [1.807, 2.05) is 37.3 Å². The number of benzene rings is 2. The number of para-hydroxylation sites is 1. The summed E-state index contributed by atoms with van der Waals surface area (Å²) in [7, 11) is 0. The molecule has 0 radical (unpaired) electrons. The van der Waals surface area contributed by atoms with E-state index in [9.17, 15) is 9.90 Å². The third-order valence-corrected chi connectivity index (χ3v) is 5.50. The first kappa shape index (κ1) is 19.2. The minimum Gasteiger partial charge on any atom is -0.478 e. The first-order valence-corrected chi connectivity index (χ1v) is 9.90. The van der Waals surface area contributed by atoms with Gasteiger partial charge in [-0.3, -0.25) is 0 Å². The van der Waals surface area contributed by atoms with E-state index in [0.29, 0.717) is 11.1 Å². The summed E-state index contributed by atoms with van der Waals surface area (Å²) in [5.41, 5.74) is 5.38. The summed E-state index contributed by atoms with van der Waals surface area (Å²) in [5.74, 6) is -0.212. The van der Waals surface area contributed by atoms with E-state index in [2.05, 4.69) is 33.8 Å². The topological polar surface area (TPSA) is 63.3 Å². The van der Waals surface area contributed by atoms with Gasteiger partial charge in [-0.05, 0) is 48.1 Å². The van der Waals surface area contributed by atoms with Gasteiger partial charge in [-0.25, -0.2) is 9.78 Å². The van der Waals surface area contributed by atoms with Gasteiger partial charge in [0.2, 0.25) is 0 Å². The molecule has 0 fully saturated rings. The number of pyridine rings is 1. The molecule has 0 aliphatic rings. The maximum atomic E-state index is 12.2. The molecule has 148 valence electrons. The van der Waals surface area contributed by atoms with E-state index in [0.717, 1.165) is 45.4 Å². The van der Waals surface area contributed by atoms with E-state index in [1.54, 1.807) is 6.07 Å². The number of nitrogens with zero attached hydrogens (tertiary/aromatic N) is 1. The second-order valence-electron chi connectivity index (χ2n) is 8.52. The van der Waals surface area contributed by atoms with Crippen LogP contribution in [-0.2, 0) is 11.8 Å². The van der Waals surface area contributed by atoms with Gasteiger partial charge in [0, 0.05) is 16.3 Å². The molecular formula is C25H25NO3. The Morgan fingerprint density at radius 2 is 1.83 bits per heavy atom. The second kappa shape index (κ2) is 6.73. The van der Waals surface area contributed by atoms with Crippen molar-refractivity contribution in [2.45, 2.75) is 46.5 Å². The van der Waals surface area contributed by atoms with Crippen molar-refractivity contribution in [1.82, 2.24) is 4.98 Å². The Morgan fingerprint density at radius 3 is 2.48 bits per heavy atom. The van der Waals surface area contributed by atoms with Crippen molar-refractivity contribution < 1.29 is 14.3 Å². The van der Waals surface area contributed by atoms with Crippen molar-refractivity contribution in [3.05, 3.63) is 64.9 Å². The maximum absolute atomic E-state index is 12.2. The zero-order chi connectivity index (χ0) is 20.9. The molecule has 0 spiro atoms. The minimum absolute atomic E-state index is 0.0795. The molecule has 0 atom stereocenters. The third kappa shape index (κ3) is 3.19. The van der Waals surface area contributed by atoms with E-state index in [1.165, 1.54) is 0 Å². The average Bonchev–Trinajstić information content (AvgIpc) is 3.01. The Morgan fingerprint density at radius 1 is 1.10 bits per heavy atom. The Balaban J connectivity index is 2.10. The number of aromatic carboxylic acids is 1. The normalized spacial score (nSPS) is 12.0. The van der Waals surface area contributed by atoms with Crippen molar-refractivity contribution in [3.63, 3.8) is 0 Å². The zero-order valence-electron chi connectivity index (χ0n) is 17.5. The molecule has 0 unspecified atom stereocenters. The standard InChI is InChI=1S/C25H25NO3/c1-6-15-11-16(25(3,4)5)12-18-19(24(27)28)13-20(26-23(15)18)22-14(2)29-21-10-8-7-9-17(21)22/h7-13H,6H2,1-5H3,(H,27,28). The van der Waals surface area contributed by atoms with Crippen LogP contribution >= 0.6 is 0 Å². The number of aromatic nitrogens is 1. The summed E-state index contributed by atoms with van der Waals surface area (Å²) in [4.78, 5) is 17.1. The molecule has 2 heterocycles. The highest BCUT2D eigenvalue weighted by atomic mass is 16.4. The van der Waals surface area contributed by atoms with Crippen LogP contribution in [0.15, 0.2) is 46.9 Å². The highest BCUT2D eigenvalue weighted by Gasteiger charge is 2.22. The summed E-state index contributed by atoms with van der Waals surface area (Å²) >= 11 is 0. The number of rotatable bonds is 3. The fourth-order valence-electron chi connectivity index (χ4n) is 3.89. The predicted octanol–water partition coefficient (Wildman–Crippen LogP) is 6.51. The molecular weight excluding hydrogens is 362 g/mol. The molecule has 1 N–H and O–H groups in total. The number of aryl methyl sites for hydroxylation is 2. The molecule has 0 saturated heterocycles. The first-order chi connectivity index (χ1) is 13.7. The Labute approximate surface area is 170 Å². The molecule has 0 aliphatic heterocycles. The van der Waals surface area contributed by atoms with Gasteiger partial charge in [0.15, 0.2) is 0 Å². The van der Waals surface area contributed by atoms with Crippen LogP contribution < -0.4 is 0 Å². The van der Waals surface area contributed by atoms with Crippen LogP contribution in [0.4, 0.5) is 0 Å².